The Hall–Kier alpha value is -6.78. The summed E-state index contributed by atoms with van der Waals surface area (Å²) in [4.78, 5) is 0. The van der Waals surface area contributed by atoms with E-state index < -0.39 is 0 Å². The number of benzene rings is 7. The average molecular weight is 657 g/mol. The van der Waals surface area contributed by atoms with Crippen LogP contribution in [0.4, 0.5) is 0 Å². The molecule has 0 unspecified atom stereocenters. The minimum Gasteiger partial charge on any atom is -0.456 e. The van der Waals surface area contributed by atoms with Gasteiger partial charge in [-0.2, -0.15) is 0 Å². The fourth-order valence-electron chi connectivity index (χ4n) is 7.53. The predicted molar refractivity (Wildman–Crippen MR) is 207 cm³/mol. The molecule has 2 aliphatic rings. The molecule has 0 aliphatic carbocycles. The van der Waals surface area contributed by atoms with E-state index in [9.17, 15) is 0 Å². The molecule has 10 rings (SSSR count). The molecular formula is C47H32N2O2. The molecule has 242 valence electrons. The Morgan fingerprint density at radius 2 is 1.04 bits per heavy atom. The van der Waals surface area contributed by atoms with Crippen LogP contribution < -0.4 is 14.8 Å². The van der Waals surface area contributed by atoms with Crippen molar-refractivity contribution in [1.29, 1.82) is 0 Å². The predicted octanol–water partition coefficient (Wildman–Crippen LogP) is 12.3. The average Bonchev–Trinajstić information content (AvgIpc) is 3.53. The fourth-order valence-corrected chi connectivity index (χ4v) is 7.53. The van der Waals surface area contributed by atoms with E-state index in [0.717, 1.165) is 74.1 Å². The molecule has 0 saturated heterocycles. The van der Waals surface area contributed by atoms with E-state index in [0.29, 0.717) is 0 Å². The van der Waals surface area contributed by atoms with Gasteiger partial charge in [-0.3, -0.25) is 0 Å². The highest BCUT2D eigenvalue weighted by atomic mass is 16.5. The first-order valence-corrected chi connectivity index (χ1v) is 17.3. The van der Waals surface area contributed by atoms with E-state index in [4.69, 9.17) is 9.47 Å². The summed E-state index contributed by atoms with van der Waals surface area (Å²) in [5.74, 6) is 3.07. The van der Waals surface area contributed by atoms with Gasteiger partial charge in [0.25, 0.3) is 0 Å². The first kappa shape index (κ1) is 29.2. The van der Waals surface area contributed by atoms with Crippen LogP contribution in [0.1, 0.15) is 11.3 Å². The molecule has 0 amide bonds. The van der Waals surface area contributed by atoms with Crippen molar-refractivity contribution in [1.82, 2.24) is 9.88 Å². The second-order valence-corrected chi connectivity index (χ2v) is 13.0. The summed E-state index contributed by atoms with van der Waals surface area (Å²) in [6.07, 6.45) is 4.19. The standard InChI is InChI=1S/C47H32N2O2/c1-2-11-31(12-3-1)32-13-10-14-33(27-32)34-21-23-39-40-24-22-35(49-42-18-7-4-15-36(42)41-30-48-26-25-43(41)49)29-47(40)51-45-20-9-6-17-38(45)37-16-5-8-19-44(37)50-46(39)28-34/h1-29,48H,30H2. The van der Waals surface area contributed by atoms with E-state index in [1.54, 1.807) is 0 Å². The number of nitrogens with zero attached hydrogens (tertiary/aromatic N) is 1. The Bertz CT molecular complexity index is 2650. The maximum atomic E-state index is 7.01. The van der Waals surface area contributed by atoms with Crippen molar-refractivity contribution in [3.8, 4) is 73.2 Å². The van der Waals surface area contributed by atoms with Crippen molar-refractivity contribution in [3.05, 3.63) is 181 Å². The van der Waals surface area contributed by atoms with E-state index in [-0.39, 0.29) is 0 Å². The zero-order chi connectivity index (χ0) is 33.7. The van der Waals surface area contributed by atoms with Crippen LogP contribution in [-0.4, -0.2) is 4.57 Å². The van der Waals surface area contributed by atoms with Crippen LogP contribution in [0.5, 0.6) is 23.0 Å². The molecular weight excluding hydrogens is 625 g/mol. The number of nitrogens with one attached hydrogen (secondary N) is 1. The van der Waals surface area contributed by atoms with Crippen LogP contribution in [0.15, 0.2) is 170 Å². The van der Waals surface area contributed by atoms with Crippen LogP contribution in [0.25, 0.3) is 67.2 Å². The molecule has 1 aromatic heterocycles. The Morgan fingerprint density at radius 1 is 0.451 bits per heavy atom. The first-order chi connectivity index (χ1) is 25.3. The summed E-state index contributed by atoms with van der Waals surface area (Å²) in [5.41, 5.74) is 13.1. The number of hydrogen-bond donors (Lipinski definition) is 1. The highest BCUT2D eigenvalue weighted by Gasteiger charge is 2.23. The van der Waals surface area contributed by atoms with Crippen LogP contribution in [0.3, 0.4) is 0 Å². The number of aromatic nitrogens is 1. The van der Waals surface area contributed by atoms with E-state index >= 15 is 0 Å². The summed E-state index contributed by atoms with van der Waals surface area (Å²) in [7, 11) is 0. The molecule has 3 heterocycles. The van der Waals surface area contributed by atoms with Crippen molar-refractivity contribution in [2.75, 3.05) is 0 Å². The van der Waals surface area contributed by atoms with Crippen molar-refractivity contribution in [2.45, 2.75) is 6.54 Å². The number of para-hydroxylation sites is 3. The molecule has 8 aromatic rings. The third-order valence-corrected chi connectivity index (χ3v) is 9.96. The smallest absolute Gasteiger partial charge is 0.137 e. The van der Waals surface area contributed by atoms with Crippen LogP contribution in [0.2, 0.25) is 0 Å². The topological polar surface area (TPSA) is 35.4 Å². The lowest BCUT2D eigenvalue weighted by molar-refractivity contribution is 0.472. The maximum Gasteiger partial charge on any atom is 0.137 e. The molecule has 2 aliphatic heterocycles. The van der Waals surface area contributed by atoms with E-state index in [2.05, 4.69) is 137 Å². The molecule has 0 spiro atoms. The summed E-state index contributed by atoms with van der Waals surface area (Å²) < 4.78 is 16.3. The van der Waals surface area contributed by atoms with E-state index in [1.165, 1.54) is 27.8 Å². The minimum atomic E-state index is 0.757. The number of rotatable bonds is 3. The lowest BCUT2D eigenvalue weighted by Crippen LogP contribution is -2.11. The fraction of sp³-hybridized carbons (Fsp3) is 0.0213. The van der Waals surface area contributed by atoms with Crippen LogP contribution >= 0.6 is 0 Å². The number of ether oxygens (including phenoxy) is 2. The van der Waals surface area contributed by atoms with Gasteiger partial charge in [0.15, 0.2) is 0 Å². The third kappa shape index (κ3) is 5.00. The Balaban J connectivity index is 1.18. The van der Waals surface area contributed by atoms with Gasteiger partial charge in [-0.25, -0.2) is 0 Å². The summed E-state index contributed by atoms with van der Waals surface area (Å²) in [6, 6.07) is 57.3. The molecule has 0 atom stereocenters. The summed E-state index contributed by atoms with van der Waals surface area (Å²) in [5, 5.41) is 4.65. The van der Waals surface area contributed by atoms with Crippen molar-refractivity contribution in [2.24, 2.45) is 0 Å². The highest BCUT2D eigenvalue weighted by molar-refractivity contribution is 5.91. The quantitative estimate of drug-likeness (QED) is 0.206. The van der Waals surface area contributed by atoms with Gasteiger partial charge >= 0.3 is 0 Å². The monoisotopic (exact) mass is 656 g/mol. The van der Waals surface area contributed by atoms with Crippen LogP contribution in [0, 0.1) is 0 Å². The number of hydrogen-bond acceptors (Lipinski definition) is 3. The van der Waals surface area contributed by atoms with E-state index in [1.807, 2.05) is 48.7 Å². The first-order valence-electron chi connectivity index (χ1n) is 17.3. The molecule has 1 N–H and O–H groups in total. The second-order valence-electron chi connectivity index (χ2n) is 13.0. The van der Waals surface area contributed by atoms with Gasteiger partial charge in [0, 0.05) is 51.5 Å². The summed E-state index contributed by atoms with van der Waals surface area (Å²) >= 11 is 0. The van der Waals surface area contributed by atoms with Crippen LogP contribution in [-0.2, 0) is 6.54 Å². The Morgan fingerprint density at radius 3 is 1.82 bits per heavy atom. The zero-order valence-corrected chi connectivity index (χ0v) is 27.7. The van der Waals surface area contributed by atoms with Crippen molar-refractivity contribution in [3.63, 3.8) is 0 Å². The normalized spacial score (nSPS) is 12.6. The molecule has 4 nitrogen and oxygen atoms in total. The molecule has 7 aromatic carbocycles. The second kappa shape index (κ2) is 12.0. The number of fused-ring (bicyclic) bond motifs is 9. The van der Waals surface area contributed by atoms with Gasteiger partial charge in [-0.15, -0.1) is 0 Å². The maximum absolute atomic E-state index is 7.01. The SMILES string of the molecule is C1=Cc2c(c3ccccc3n2-c2ccc3c(c2)Oc2ccccc2-c2ccccc2Oc2cc(-c4cccc(-c5ccccc5)c4)ccc2-3)CN1. The van der Waals surface area contributed by atoms with Gasteiger partial charge in [0.05, 0.1) is 11.2 Å². The Labute approximate surface area is 296 Å². The lowest BCUT2D eigenvalue weighted by Gasteiger charge is -2.23. The largest absolute Gasteiger partial charge is 0.456 e. The van der Waals surface area contributed by atoms with Gasteiger partial charge < -0.3 is 19.4 Å². The molecule has 4 heteroatoms. The van der Waals surface area contributed by atoms with Gasteiger partial charge in [-0.1, -0.05) is 109 Å². The molecule has 0 radical (unpaired) electrons. The summed E-state index contributed by atoms with van der Waals surface area (Å²) in [6.45, 7) is 0.787. The highest BCUT2D eigenvalue weighted by Crippen LogP contribution is 2.48. The van der Waals surface area contributed by atoms with Gasteiger partial charge in [0.2, 0.25) is 0 Å². The third-order valence-electron chi connectivity index (χ3n) is 9.96. The molecule has 0 fully saturated rings. The zero-order valence-electron chi connectivity index (χ0n) is 27.7. The molecule has 0 bridgehead atoms. The van der Waals surface area contributed by atoms with Crippen molar-refractivity contribution >= 4 is 17.0 Å². The molecule has 51 heavy (non-hydrogen) atoms. The van der Waals surface area contributed by atoms with Gasteiger partial charge in [-0.05, 0) is 83.1 Å². The van der Waals surface area contributed by atoms with Gasteiger partial charge in [0.1, 0.15) is 23.0 Å². The van der Waals surface area contributed by atoms with Crippen molar-refractivity contribution < 1.29 is 9.47 Å². The minimum absolute atomic E-state index is 0.757. The Kier molecular flexibility index (Phi) is 6.85. The molecule has 0 saturated carbocycles. The lowest BCUT2D eigenvalue weighted by atomic mass is 9.95.